The van der Waals surface area contributed by atoms with E-state index in [1.807, 2.05) is 31.2 Å². The second-order valence-corrected chi connectivity index (χ2v) is 6.88. The summed E-state index contributed by atoms with van der Waals surface area (Å²) in [4.78, 5) is 35.6. The molecule has 0 unspecified atom stereocenters. The number of anilines is 1. The summed E-state index contributed by atoms with van der Waals surface area (Å²) >= 11 is 3.30. The SMILES string of the molecule is CCCC(=O)Nc1cccc(CNC(=O)CNC(=O)c2cccc(Br)c2)c1. The van der Waals surface area contributed by atoms with E-state index >= 15 is 0 Å². The Balaban J connectivity index is 1.80. The summed E-state index contributed by atoms with van der Waals surface area (Å²) in [5.74, 6) is -0.639. The summed E-state index contributed by atoms with van der Waals surface area (Å²) in [6.45, 7) is 2.14. The van der Waals surface area contributed by atoms with Crippen LogP contribution >= 0.6 is 15.9 Å². The van der Waals surface area contributed by atoms with Gasteiger partial charge < -0.3 is 16.0 Å². The topological polar surface area (TPSA) is 87.3 Å². The Morgan fingerprint density at radius 3 is 2.48 bits per heavy atom. The van der Waals surface area contributed by atoms with Gasteiger partial charge in [0.2, 0.25) is 11.8 Å². The van der Waals surface area contributed by atoms with Crippen LogP contribution in [0.25, 0.3) is 0 Å². The number of halogens is 1. The first-order valence-electron chi connectivity index (χ1n) is 8.67. The Morgan fingerprint density at radius 2 is 1.74 bits per heavy atom. The van der Waals surface area contributed by atoms with Gasteiger partial charge in [0.25, 0.3) is 5.91 Å². The van der Waals surface area contributed by atoms with E-state index in [1.165, 1.54) is 0 Å². The van der Waals surface area contributed by atoms with Gasteiger partial charge in [-0.2, -0.15) is 0 Å². The third-order valence-corrected chi connectivity index (χ3v) is 4.17. The van der Waals surface area contributed by atoms with Crippen LogP contribution < -0.4 is 16.0 Å². The number of amides is 3. The van der Waals surface area contributed by atoms with E-state index in [0.29, 0.717) is 24.2 Å². The van der Waals surface area contributed by atoms with Gasteiger partial charge in [0.15, 0.2) is 0 Å². The van der Waals surface area contributed by atoms with Crippen LogP contribution in [0.1, 0.15) is 35.7 Å². The monoisotopic (exact) mass is 431 g/mol. The molecule has 0 aliphatic carbocycles. The molecule has 0 aliphatic rings. The molecule has 2 aromatic carbocycles. The number of nitrogens with one attached hydrogen (secondary N) is 3. The Bertz CT molecular complexity index is 824. The summed E-state index contributed by atoms with van der Waals surface area (Å²) in [5, 5.41) is 8.15. The predicted octanol–water partition coefficient (Wildman–Crippen LogP) is 3.23. The zero-order valence-corrected chi connectivity index (χ0v) is 16.6. The minimum atomic E-state index is -0.313. The van der Waals surface area contributed by atoms with E-state index in [1.54, 1.807) is 24.3 Å². The molecule has 2 rings (SSSR count). The second kappa shape index (κ2) is 10.5. The summed E-state index contributed by atoms with van der Waals surface area (Å²) in [5.41, 5.74) is 2.03. The normalized spacial score (nSPS) is 10.1. The summed E-state index contributed by atoms with van der Waals surface area (Å²) < 4.78 is 0.797. The van der Waals surface area contributed by atoms with Crippen molar-refractivity contribution in [3.05, 3.63) is 64.1 Å². The van der Waals surface area contributed by atoms with Crippen LogP contribution in [0.2, 0.25) is 0 Å². The fraction of sp³-hybridized carbons (Fsp3) is 0.250. The second-order valence-electron chi connectivity index (χ2n) is 5.97. The van der Waals surface area contributed by atoms with Crippen LogP contribution in [0.4, 0.5) is 5.69 Å². The fourth-order valence-corrected chi connectivity index (χ4v) is 2.76. The molecular weight excluding hydrogens is 410 g/mol. The van der Waals surface area contributed by atoms with Crippen LogP contribution in [-0.4, -0.2) is 24.3 Å². The van der Waals surface area contributed by atoms with Crippen LogP contribution in [0, 0.1) is 0 Å². The number of benzene rings is 2. The minimum Gasteiger partial charge on any atom is -0.350 e. The maximum absolute atomic E-state index is 12.0. The van der Waals surface area contributed by atoms with Gasteiger partial charge in [0.1, 0.15) is 0 Å². The first-order valence-corrected chi connectivity index (χ1v) is 9.46. The highest BCUT2D eigenvalue weighted by Crippen LogP contribution is 2.12. The van der Waals surface area contributed by atoms with Crippen LogP contribution in [0.5, 0.6) is 0 Å². The molecule has 6 nitrogen and oxygen atoms in total. The predicted molar refractivity (Wildman–Crippen MR) is 108 cm³/mol. The molecular formula is C20H22BrN3O3. The Kier molecular flexibility index (Phi) is 8.00. The first-order chi connectivity index (χ1) is 13.0. The van der Waals surface area contributed by atoms with Gasteiger partial charge in [-0.05, 0) is 42.3 Å². The lowest BCUT2D eigenvalue weighted by atomic mass is 10.2. The standard InChI is InChI=1S/C20H22BrN3O3/c1-2-5-18(25)24-17-9-3-6-14(10-17)12-22-19(26)13-23-20(27)15-7-4-8-16(21)11-15/h3-4,6-11H,2,5,12-13H2,1H3,(H,22,26)(H,23,27)(H,24,25). The van der Waals surface area contributed by atoms with E-state index in [2.05, 4.69) is 31.9 Å². The van der Waals surface area contributed by atoms with Crippen molar-refractivity contribution in [2.75, 3.05) is 11.9 Å². The van der Waals surface area contributed by atoms with Gasteiger partial charge in [-0.25, -0.2) is 0 Å². The fourth-order valence-electron chi connectivity index (χ4n) is 2.37. The highest BCUT2D eigenvalue weighted by atomic mass is 79.9. The molecule has 0 spiro atoms. The molecule has 142 valence electrons. The molecule has 0 bridgehead atoms. The third kappa shape index (κ3) is 7.22. The van der Waals surface area contributed by atoms with Crippen molar-refractivity contribution in [2.45, 2.75) is 26.3 Å². The Morgan fingerprint density at radius 1 is 0.963 bits per heavy atom. The largest absolute Gasteiger partial charge is 0.350 e. The van der Waals surface area contributed by atoms with Crippen LogP contribution in [0.3, 0.4) is 0 Å². The molecule has 3 amide bonds. The maximum atomic E-state index is 12.0. The smallest absolute Gasteiger partial charge is 0.251 e. The average molecular weight is 432 g/mol. The van der Waals surface area contributed by atoms with Crippen molar-refractivity contribution in [2.24, 2.45) is 0 Å². The Hall–Kier alpha value is -2.67. The highest BCUT2D eigenvalue weighted by Gasteiger charge is 2.08. The zero-order chi connectivity index (χ0) is 19.6. The van der Waals surface area contributed by atoms with Gasteiger partial charge in [0, 0.05) is 28.7 Å². The number of carbonyl (C=O) groups is 3. The van der Waals surface area contributed by atoms with E-state index in [4.69, 9.17) is 0 Å². The third-order valence-electron chi connectivity index (χ3n) is 3.67. The Labute approximate surface area is 166 Å². The lowest BCUT2D eigenvalue weighted by Crippen LogP contribution is -2.36. The average Bonchev–Trinajstić information content (AvgIpc) is 2.65. The molecule has 0 aliphatic heterocycles. The van der Waals surface area contributed by atoms with Crippen molar-refractivity contribution in [1.29, 1.82) is 0 Å². The molecule has 27 heavy (non-hydrogen) atoms. The summed E-state index contributed by atoms with van der Waals surface area (Å²) in [6, 6.07) is 14.2. The van der Waals surface area contributed by atoms with E-state index in [9.17, 15) is 14.4 Å². The molecule has 0 aromatic heterocycles. The lowest BCUT2D eigenvalue weighted by Gasteiger charge is -2.09. The number of hydrogen-bond acceptors (Lipinski definition) is 3. The van der Waals surface area contributed by atoms with Crippen molar-refractivity contribution in [1.82, 2.24) is 10.6 Å². The molecule has 0 saturated carbocycles. The summed E-state index contributed by atoms with van der Waals surface area (Å²) in [7, 11) is 0. The molecule has 0 heterocycles. The molecule has 2 aromatic rings. The van der Waals surface area contributed by atoms with Crippen molar-refractivity contribution in [3.63, 3.8) is 0 Å². The lowest BCUT2D eigenvalue weighted by molar-refractivity contribution is -0.120. The van der Waals surface area contributed by atoms with Gasteiger partial charge in [0.05, 0.1) is 6.54 Å². The zero-order valence-electron chi connectivity index (χ0n) is 15.0. The highest BCUT2D eigenvalue weighted by molar-refractivity contribution is 9.10. The molecule has 0 radical (unpaired) electrons. The van der Waals surface area contributed by atoms with Crippen LogP contribution in [0.15, 0.2) is 53.0 Å². The van der Waals surface area contributed by atoms with Crippen molar-refractivity contribution < 1.29 is 14.4 Å². The first kappa shape index (κ1) is 20.6. The number of carbonyl (C=O) groups excluding carboxylic acids is 3. The van der Waals surface area contributed by atoms with E-state index in [0.717, 1.165) is 16.5 Å². The van der Waals surface area contributed by atoms with Gasteiger partial charge >= 0.3 is 0 Å². The van der Waals surface area contributed by atoms with Gasteiger partial charge in [-0.15, -0.1) is 0 Å². The van der Waals surface area contributed by atoms with Gasteiger partial charge in [-0.1, -0.05) is 41.1 Å². The molecule has 0 saturated heterocycles. The number of rotatable bonds is 8. The molecule has 3 N–H and O–H groups in total. The van der Waals surface area contributed by atoms with E-state index in [-0.39, 0.29) is 24.3 Å². The van der Waals surface area contributed by atoms with Crippen LogP contribution in [-0.2, 0) is 16.1 Å². The number of hydrogen-bond donors (Lipinski definition) is 3. The van der Waals surface area contributed by atoms with E-state index < -0.39 is 0 Å². The maximum Gasteiger partial charge on any atom is 0.251 e. The quantitative estimate of drug-likeness (QED) is 0.599. The van der Waals surface area contributed by atoms with Gasteiger partial charge in [-0.3, -0.25) is 14.4 Å². The minimum absolute atomic E-state index is 0.0334. The van der Waals surface area contributed by atoms with Crippen molar-refractivity contribution in [3.8, 4) is 0 Å². The molecule has 7 heteroatoms. The van der Waals surface area contributed by atoms with Crippen molar-refractivity contribution >= 4 is 39.3 Å². The molecule has 0 atom stereocenters. The summed E-state index contributed by atoms with van der Waals surface area (Å²) in [6.07, 6.45) is 1.26. The molecule has 0 fully saturated rings.